The molecule has 1 aromatic heterocycles. The molecule has 0 spiro atoms. The molecule has 6 nitrogen and oxygen atoms in total. The zero-order valence-corrected chi connectivity index (χ0v) is 18.8. The zero-order valence-electron chi connectivity index (χ0n) is 18.0. The van der Waals surface area contributed by atoms with Gasteiger partial charge in [0.25, 0.3) is 0 Å². The Hall–Kier alpha value is -2.64. The summed E-state index contributed by atoms with van der Waals surface area (Å²) in [6.07, 6.45) is 2.48. The van der Waals surface area contributed by atoms with Gasteiger partial charge in [-0.1, -0.05) is 60.3 Å². The number of hydrogen-bond donors (Lipinski definition) is 0. The molecule has 0 atom stereocenters. The first-order valence-corrected chi connectivity index (χ1v) is 11.9. The monoisotopic (exact) mass is 435 g/mol. The van der Waals surface area contributed by atoms with Crippen molar-refractivity contribution in [3.63, 3.8) is 0 Å². The quantitative estimate of drug-likeness (QED) is 0.476. The first kappa shape index (κ1) is 21.6. The molecular weight excluding hydrogens is 406 g/mol. The maximum atomic E-state index is 12.9. The van der Waals surface area contributed by atoms with Crippen molar-refractivity contribution in [3.8, 4) is 5.69 Å². The van der Waals surface area contributed by atoms with E-state index in [0.29, 0.717) is 18.8 Å². The van der Waals surface area contributed by atoms with E-state index in [1.54, 1.807) is 0 Å². The molecule has 0 aliphatic carbocycles. The maximum Gasteiger partial charge on any atom is 0.233 e. The predicted octanol–water partition coefficient (Wildman–Crippen LogP) is 4.00. The molecule has 0 saturated carbocycles. The van der Waals surface area contributed by atoms with Gasteiger partial charge in [0.1, 0.15) is 0 Å². The van der Waals surface area contributed by atoms with Crippen molar-refractivity contribution in [3.05, 3.63) is 72.1 Å². The molecular formula is C24H29N5OS. The topological polar surface area (TPSA) is 54.3 Å². The van der Waals surface area contributed by atoms with E-state index in [1.807, 2.05) is 48.2 Å². The average molecular weight is 436 g/mol. The summed E-state index contributed by atoms with van der Waals surface area (Å²) >= 11 is 1.46. The second-order valence-corrected chi connectivity index (χ2v) is 8.68. The Morgan fingerprint density at radius 2 is 1.68 bits per heavy atom. The molecule has 0 unspecified atom stereocenters. The lowest BCUT2D eigenvalue weighted by Crippen LogP contribution is -2.31. The number of para-hydroxylation sites is 1. The minimum Gasteiger partial charge on any atom is -0.338 e. The fourth-order valence-electron chi connectivity index (χ4n) is 3.87. The highest BCUT2D eigenvalue weighted by atomic mass is 32.2. The van der Waals surface area contributed by atoms with Crippen LogP contribution < -0.4 is 0 Å². The fourth-order valence-corrected chi connectivity index (χ4v) is 4.74. The lowest BCUT2D eigenvalue weighted by molar-refractivity contribution is -0.128. The Bertz CT molecular complexity index is 970. The standard InChI is InChI=1S/C24H29N5OS/c1-2-28(17-20-11-5-3-6-12-20)23(30)19-31-24-26-25-22(18-27-15-9-10-16-27)29(24)21-13-7-4-8-14-21/h3-8,11-14H,2,9-10,15-19H2,1H3. The molecule has 1 aliphatic heterocycles. The van der Waals surface area contributed by atoms with Crippen molar-refractivity contribution in [1.29, 1.82) is 0 Å². The summed E-state index contributed by atoms with van der Waals surface area (Å²) in [5.41, 5.74) is 2.18. The highest BCUT2D eigenvalue weighted by Gasteiger charge is 2.21. The maximum absolute atomic E-state index is 12.9. The normalized spacial score (nSPS) is 14.1. The number of nitrogens with zero attached hydrogens (tertiary/aromatic N) is 5. The fraction of sp³-hybridized carbons (Fsp3) is 0.375. The number of aromatic nitrogens is 3. The van der Waals surface area contributed by atoms with Crippen LogP contribution in [0, 0.1) is 0 Å². The van der Waals surface area contributed by atoms with Gasteiger partial charge in [-0.25, -0.2) is 0 Å². The highest BCUT2D eigenvalue weighted by Crippen LogP contribution is 2.24. The van der Waals surface area contributed by atoms with Gasteiger partial charge in [-0.3, -0.25) is 14.3 Å². The van der Waals surface area contributed by atoms with E-state index in [1.165, 1.54) is 24.6 Å². The molecule has 4 rings (SSSR count). The summed E-state index contributed by atoms with van der Waals surface area (Å²) in [5.74, 6) is 1.38. The number of likely N-dealkylation sites (tertiary alicyclic amines) is 1. The van der Waals surface area contributed by atoms with Gasteiger partial charge in [-0.2, -0.15) is 0 Å². The lowest BCUT2D eigenvalue weighted by atomic mass is 10.2. The van der Waals surface area contributed by atoms with Gasteiger partial charge in [0.15, 0.2) is 11.0 Å². The zero-order chi connectivity index (χ0) is 21.5. The number of rotatable bonds is 9. The van der Waals surface area contributed by atoms with Crippen LogP contribution in [0.25, 0.3) is 5.69 Å². The van der Waals surface area contributed by atoms with E-state index in [-0.39, 0.29) is 5.91 Å². The van der Waals surface area contributed by atoms with Crippen molar-refractivity contribution in [1.82, 2.24) is 24.6 Å². The van der Waals surface area contributed by atoms with Crippen LogP contribution in [0.5, 0.6) is 0 Å². The van der Waals surface area contributed by atoms with E-state index in [9.17, 15) is 4.79 Å². The Morgan fingerprint density at radius 1 is 1.00 bits per heavy atom. The van der Waals surface area contributed by atoms with Crippen LogP contribution in [0.4, 0.5) is 0 Å². The van der Waals surface area contributed by atoms with Gasteiger partial charge >= 0.3 is 0 Å². The largest absolute Gasteiger partial charge is 0.338 e. The van der Waals surface area contributed by atoms with Crippen molar-refractivity contribution >= 4 is 17.7 Å². The lowest BCUT2D eigenvalue weighted by Gasteiger charge is -2.21. The molecule has 162 valence electrons. The first-order chi connectivity index (χ1) is 15.2. The molecule has 1 amide bonds. The highest BCUT2D eigenvalue weighted by molar-refractivity contribution is 7.99. The molecule has 2 heterocycles. The minimum absolute atomic E-state index is 0.111. The van der Waals surface area contributed by atoms with Gasteiger partial charge in [-0.15, -0.1) is 10.2 Å². The Morgan fingerprint density at radius 3 is 2.35 bits per heavy atom. The van der Waals surface area contributed by atoms with Crippen LogP contribution in [0.2, 0.25) is 0 Å². The smallest absolute Gasteiger partial charge is 0.233 e. The van der Waals surface area contributed by atoms with Gasteiger partial charge in [0.05, 0.1) is 12.3 Å². The number of carbonyl (C=O) groups is 1. The van der Waals surface area contributed by atoms with Gasteiger partial charge in [0.2, 0.25) is 5.91 Å². The van der Waals surface area contributed by atoms with Gasteiger partial charge in [0, 0.05) is 18.8 Å². The molecule has 2 aromatic carbocycles. The summed E-state index contributed by atoms with van der Waals surface area (Å²) in [6, 6.07) is 20.3. The molecule has 31 heavy (non-hydrogen) atoms. The molecule has 0 N–H and O–H groups in total. The SMILES string of the molecule is CCN(Cc1ccccc1)C(=O)CSc1nnc(CN2CCCC2)n1-c1ccccc1. The van der Waals surface area contributed by atoms with E-state index in [4.69, 9.17) is 0 Å². The second kappa shape index (κ2) is 10.6. The first-order valence-electron chi connectivity index (χ1n) is 10.9. The second-order valence-electron chi connectivity index (χ2n) is 7.74. The summed E-state index contributed by atoms with van der Waals surface area (Å²) in [5, 5.41) is 9.71. The third kappa shape index (κ3) is 5.54. The van der Waals surface area contributed by atoms with Crippen LogP contribution >= 0.6 is 11.8 Å². The number of benzene rings is 2. The molecule has 0 bridgehead atoms. The van der Waals surface area contributed by atoms with Crippen molar-refractivity contribution in [2.45, 2.75) is 38.0 Å². The summed E-state index contributed by atoms with van der Waals surface area (Å²) in [6.45, 7) is 6.32. The van der Waals surface area contributed by atoms with Gasteiger partial charge < -0.3 is 4.90 Å². The van der Waals surface area contributed by atoms with E-state index >= 15 is 0 Å². The van der Waals surface area contributed by atoms with Crippen molar-refractivity contribution in [2.75, 3.05) is 25.4 Å². The van der Waals surface area contributed by atoms with E-state index in [2.05, 4.69) is 43.9 Å². The van der Waals surface area contributed by atoms with E-state index < -0.39 is 0 Å². The van der Waals surface area contributed by atoms with E-state index in [0.717, 1.165) is 41.9 Å². The average Bonchev–Trinajstić information content (AvgIpc) is 3.47. The molecule has 3 aromatic rings. The Kier molecular flexibility index (Phi) is 7.38. The molecule has 1 fully saturated rings. The third-order valence-electron chi connectivity index (χ3n) is 5.55. The molecule has 0 radical (unpaired) electrons. The minimum atomic E-state index is 0.111. The number of amides is 1. The summed E-state index contributed by atoms with van der Waals surface area (Å²) in [7, 11) is 0. The summed E-state index contributed by atoms with van der Waals surface area (Å²) < 4.78 is 2.10. The third-order valence-corrected chi connectivity index (χ3v) is 6.47. The van der Waals surface area contributed by atoms with Gasteiger partial charge in [-0.05, 0) is 50.6 Å². The number of hydrogen-bond acceptors (Lipinski definition) is 5. The Balaban J connectivity index is 1.48. The molecule has 1 saturated heterocycles. The number of thioether (sulfide) groups is 1. The van der Waals surface area contributed by atoms with Crippen LogP contribution in [-0.4, -0.2) is 55.9 Å². The predicted molar refractivity (Wildman–Crippen MR) is 124 cm³/mol. The van der Waals surface area contributed by atoms with Crippen molar-refractivity contribution in [2.24, 2.45) is 0 Å². The van der Waals surface area contributed by atoms with Crippen LogP contribution in [0.3, 0.4) is 0 Å². The van der Waals surface area contributed by atoms with Crippen molar-refractivity contribution < 1.29 is 4.79 Å². The number of carbonyl (C=O) groups excluding carboxylic acids is 1. The van der Waals surface area contributed by atoms with Crippen LogP contribution in [0.15, 0.2) is 65.8 Å². The Labute approximate surface area is 188 Å². The molecule has 1 aliphatic rings. The van der Waals surface area contributed by atoms with Crippen LogP contribution in [0.1, 0.15) is 31.2 Å². The van der Waals surface area contributed by atoms with Crippen LogP contribution in [-0.2, 0) is 17.9 Å². The molecule has 7 heteroatoms. The summed E-state index contributed by atoms with van der Waals surface area (Å²) in [4.78, 5) is 17.2.